The lowest BCUT2D eigenvalue weighted by Gasteiger charge is -1.65. The Morgan fingerprint density at radius 2 is 2.29 bits per heavy atom. The van der Waals surface area contributed by atoms with Crippen LogP contribution in [-0.2, 0) is 0 Å². The van der Waals surface area contributed by atoms with Crippen molar-refractivity contribution in [1.82, 2.24) is 0 Å². The van der Waals surface area contributed by atoms with Crippen LogP contribution in [0.1, 0.15) is 6.92 Å². The Morgan fingerprint density at radius 3 is 2.71 bits per heavy atom. The van der Waals surface area contributed by atoms with Gasteiger partial charge >= 0.3 is 0 Å². The van der Waals surface area contributed by atoms with Crippen molar-refractivity contribution in [1.29, 1.82) is 5.41 Å². The predicted octanol–water partition coefficient (Wildman–Crippen LogP) is 1.24. The van der Waals surface area contributed by atoms with E-state index in [-0.39, 0.29) is 0 Å². The Morgan fingerprint density at radius 1 is 1.57 bits per heavy atom. The van der Waals surface area contributed by atoms with Crippen molar-refractivity contribution in [2.24, 2.45) is 4.99 Å². The Labute approximate surface area is 43.1 Å². The minimum absolute atomic E-state index is 1.00. The summed E-state index contributed by atoms with van der Waals surface area (Å²) >= 11 is 0. The van der Waals surface area contributed by atoms with Gasteiger partial charge in [0.1, 0.15) is 6.34 Å². The van der Waals surface area contributed by atoms with Crippen molar-refractivity contribution in [2.75, 3.05) is 0 Å². The smallest absolute Gasteiger partial charge is 0.106 e. The first-order valence-corrected chi connectivity index (χ1v) is 2.05. The lowest BCUT2D eigenvalue weighted by Crippen LogP contribution is -1.61. The first-order chi connectivity index (χ1) is 3.41. The molecule has 0 bridgehead atoms. The summed E-state index contributed by atoms with van der Waals surface area (Å²) < 4.78 is 0. The van der Waals surface area contributed by atoms with Crippen molar-refractivity contribution in [3.8, 4) is 0 Å². The van der Waals surface area contributed by atoms with Crippen LogP contribution in [-0.4, -0.2) is 12.6 Å². The van der Waals surface area contributed by atoms with Gasteiger partial charge in [0.05, 0.1) is 0 Å². The summed E-state index contributed by atoms with van der Waals surface area (Å²) in [5.41, 5.74) is 0. The van der Waals surface area contributed by atoms with E-state index in [2.05, 4.69) is 4.99 Å². The lowest BCUT2D eigenvalue weighted by molar-refractivity contribution is 1.52. The standard InChI is InChI=1S/C5H8N2/c1-2-3-4-7-5-6/h2-6H,1H3/b3-2-,6-5?,7-4?. The fourth-order valence-electron chi connectivity index (χ4n) is 0.179. The Hall–Kier alpha value is -0.920. The van der Waals surface area contributed by atoms with Crippen molar-refractivity contribution in [3.05, 3.63) is 12.2 Å². The van der Waals surface area contributed by atoms with Crippen LogP contribution in [0.4, 0.5) is 0 Å². The van der Waals surface area contributed by atoms with Crippen LogP contribution < -0.4 is 0 Å². The van der Waals surface area contributed by atoms with E-state index in [1.165, 1.54) is 0 Å². The second kappa shape index (κ2) is 5.08. The van der Waals surface area contributed by atoms with E-state index >= 15 is 0 Å². The average molecular weight is 96.1 g/mol. The maximum absolute atomic E-state index is 6.42. The summed E-state index contributed by atoms with van der Waals surface area (Å²) in [4.78, 5) is 3.49. The number of nitrogens with one attached hydrogen (secondary N) is 1. The molecule has 0 spiro atoms. The molecule has 0 aliphatic carbocycles. The molecule has 0 saturated carbocycles. The molecule has 0 fully saturated rings. The molecule has 2 nitrogen and oxygen atoms in total. The molecule has 0 aromatic rings. The zero-order chi connectivity index (χ0) is 5.54. The quantitative estimate of drug-likeness (QED) is 0.396. The molecule has 0 heterocycles. The van der Waals surface area contributed by atoms with E-state index in [9.17, 15) is 0 Å². The van der Waals surface area contributed by atoms with E-state index in [1.807, 2.05) is 13.0 Å². The number of hydrogen-bond donors (Lipinski definition) is 1. The SMILES string of the molecule is C/C=C\C=NC=N. The number of allylic oxidation sites excluding steroid dienone is 2. The van der Waals surface area contributed by atoms with E-state index in [0.29, 0.717) is 0 Å². The molecule has 0 radical (unpaired) electrons. The minimum atomic E-state index is 1.00. The molecule has 0 aliphatic rings. The first-order valence-electron chi connectivity index (χ1n) is 2.05. The molecule has 0 atom stereocenters. The second-order valence-electron chi connectivity index (χ2n) is 0.953. The highest BCUT2D eigenvalue weighted by molar-refractivity contribution is 5.78. The third-order valence-corrected chi connectivity index (χ3v) is 0.439. The van der Waals surface area contributed by atoms with Gasteiger partial charge in [0.15, 0.2) is 0 Å². The summed E-state index contributed by atoms with van der Waals surface area (Å²) in [5.74, 6) is 0. The summed E-state index contributed by atoms with van der Waals surface area (Å²) in [6, 6.07) is 0. The number of hydrogen-bond acceptors (Lipinski definition) is 1. The number of aliphatic imine (C=N–C) groups is 1. The van der Waals surface area contributed by atoms with Gasteiger partial charge < -0.3 is 0 Å². The van der Waals surface area contributed by atoms with Crippen LogP contribution in [0, 0.1) is 5.41 Å². The van der Waals surface area contributed by atoms with Crippen LogP contribution in [0.15, 0.2) is 17.1 Å². The normalized spacial score (nSPS) is 11.0. The molecule has 0 amide bonds. The molecule has 0 aliphatic heterocycles. The molecule has 0 unspecified atom stereocenters. The maximum atomic E-state index is 6.42. The first kappa shape index (κ1) is 6.08. The predicted molar refractivity (Wildman–Crippen MR) is 32.1 cm³/mol. The Balaban J connectivity index is 3.27. The van der Waals surface area contributed by atoms with Gasteiger partial charge in [0.25, 0.3) is 0 Å². The fraction of sp³-hybridized carbons (Fsp3) is 0.200. The fourth-order valence-corrected chi connectivity index (χ4v) is 0.179. The number of nitrogens with zero attached hydrogens (tertiary/aromatic N) is 1. The molecule has 0 rings (SSSR count). The highest BCUT2D eigenvalue weighted by Gasteiger charge is 1.53. The van der Waals surface area contributed by atoms with E-state index in [1.54, 1.807) is 12.3 Å². The highest BCUT2D eigenvalue weighted by Crippen LogP contribution is 1.61. The van der Waals surface area contributed by atoms with Gasteiger partial charge in [-0.15, -0.1) is 0 Å². The molecular weight excluding hydrogens is 88.1 g/mol. The van der Waals surface area contributed by atoms with Crippen LogP contribution >= 0.6 is 0 Å². The third kappa shape index (κ3) is 5.08. The molecule has 0 aromatic carbocycles. The van der Waals surface area contributed by atoms with Gasteiger partial charge in [-0.25, -0.2) is 4.99 Å². The van der Waals surface area contributed by atoms with Gasteiger partial charge in [0.2, 0.25) is 0 Å². The highest BCUT2D eigenvalue weighted by atomic mass is 14.7. The maximum Gasteiger partial charge on any atom is 0.106 e. The number of rotatable bonds is 2. The molecule has 1 N–H and O–H groups in total. The largest absolute Gasteiger partial charge is 0.290 e. The van der Waals surface area contributed by atoms with Crippen LogP contribution in [0.2, 0.25) is 0 Å². The van der Waals surface area contributed by atoms with E-state index in [0.717, 1.165) is 6.34 Å². The van der Waals surface area contributed by atoms with Gasteiger partial charge in [0, 0.05) is 6.21 Å². The molecular formula is C5H8N2. The van der Waals surface area contributed by atoms with Gasteiger partial charge in [-0.2, -0.15) is 0 Å². The molecule has 2 heteroatoms. The Kier molecular flexibility index (Phi) is 4.41. The van der Waals surface area contributed by atoms with Crippen LogP contribution in [0.25, 0.3) is 0 Å². The van der Waals surface area contributed by atoms with Crippen molar-refractivity contribution in [3.63, 3.8) is 0 Å². The summed E-state index contributed by atoms with van der Waals surface area (Å²) in [5, 5.41) is 6.42. The zero-order valence-electron chi connectivity index (χ0n) is 4.26. The monoisotopic (exact) mass is 96.1 g/mol. The average Bonchev–Trinajstić information content (AvgIpc) is 1.69. The van der Waals surface area contributed by atoms with Gasteiger partial charge in [-0.1, -0.05) is 6.08 Å². The summed E-state index contributed by atoms with van der Waals surface area (Å²) in [7, 11) is 0. The molecule has 0 aromatic heterocycles. The van der Waals surface area contributed by atoms with Crippen LogP contribution in [0.5, 0.6) is 0 Å². The van der Waals surface area contributed by atoms with Gasteiger partial charge in [-0.3, -0.25) is 5.41 Å². The molecule has 0 saturated heterocycles. The van der Waals surface area contributed by atoms with Crippen molar-refractivity contribution < 1.29 is 0 Å². The summed E-state index contributed by atoms with van der Waals surface area (Å²) in [6.07, 6.45) is 6.19. The lowest BCUT2D eigenvalue weighted by atomic mass is 10.6. The Bertz CT molecular complexity index is 92.3. The van der Waals surface area contributed by atoms with E-state index in [4.69, 9.17) is 5.41 Å². The van der Waals surface area contributed by atoms with Gasteiger partial charge in [-0.05, 0) is 13.0 Å². The minimum Gasteiger partial charge on any atom is -0.290 e. The summed E-state index contributed by atoms with van der Waals surface area (Å²) in [6.45, 7) is 1.90. The van der Waals surface area contributed by atoms with Crippen molar-refractivity contribution in [2.45, 2.75) is 6.92 Å². The molecule has 7 heavy (non-hydrogen) atoms. The third-order valence-electron chi connectivity index (χ3n) is 0.439. The van der Waals surface area contributed by atoms with Crippen LogP contribution in [0.3, 0.4) is 0 Å². The van der Waals surface area contributed by atoms with Crippen molar-refractivity contribution >= 4 is 12.6 Å². The van der Waals surface area contributed by atoms with E-state index < -0.39 is 0 Å². The molecule has 38 valence electrons. The topological polar surface area (TPSA) is 36.2 Å². The second-order valence-corrected chi connectivity index (χ2v) is 0.953. The zero-order valence-corrected chi connectivity index (χ0v) is 4.26.